The van der Waals surface area contributed by atoms with Crippen LogP contribution in [-0.2, 0) is 0 Å². The first kappa shape index (κ1) is 16.8. The van der Waals surface area contributed by atoms with E-state index in [-0.39, 0.29) is 25.2 Å². The molecule has 0 bridgehead atoms. The number of alkyl halides is 2. The van der Waals surface area contributed by atoms with Crippen molar-refractivity contribution in [3.63, 3.8) is 0 Å². The van der Waals surface area contributed by atoms with Gasteiger partial charge in [0.2, 0.25) is 0 Å². The third-order valence-corrected chi connectivity index (χ3v) is 4.22. The van der Waals surface area contributed by atoms with Crippen molar-refractivity contribution in [2.75, 3.05) is 19.7 Å². The van der Waals surface area contributed by atoms with E-state index in [1.807, 2.05) is 13.0 Å². The van der Waals surface area contributed by atoms with Gasteiger partial charge >= 0.3 is 0 Å². The lowest BCUT2D eigenvalue weighted by molar-refractivity contribution is 0.0476. The van der Waals surface area contributed by atoms with Crippen molar-refractivity contribution < 1.29 is 13.9 Å². The van der Waals surface area contributed by atoms with Crippen LogP contribution in [0, 0.1) is 0 Å². The Balaban J connectivity index is 2.98. The summed E-state index contributed by atoms with van der Waals surface area (Å²) in [6.07, 6.45) is -1.81. The highest BCUT2D eigenvalue weighted by Gasteiger charge is 2.28. The molecule has 7 heteroatoms. The zero-order valence-corrected chi connectivity index (χ0v) is 12.3. The van der Waals surface area contributed by atoms with Crippen molar-refractivity contribution in [3.8, 4) is 0 Å². The number of aliphatic hydroxyl groups excluding tert-OH is 1. The lowest BCUT2D eigenvalue weighted by atomic mass is 10.0. The van der Waals surface area contributed by atoms with E-state index in [2.05, 4.69) is 0 Å². The number of hydrogen-bond donors (Lipinski definition) is 2. The van der Waals surface area contributed by atoms with Gasteiger partial charge in [-0.1, -0.05) is 18.5 Å². The number of hydrogen-bond acceptors (Lipinski definition) is 4. The van der Waals surface area contributed by atoms with E-state index in [1.54, 1.807) is 6.07 Å². The normalized spacial score (nSPS) is 15.2. The molecule has 110 valence electrons. The Morgan fingerprint density at radius 2 is 2.16 bits per heavy atom. The zero-order valence-electron chi connectivity index (χ0n) is 10.7. The van der Waals surface area contributed by atoms with Gasteiger partial charge in [0.1, 0.15) is 0 Å². The van der Waals surface area contributed by atoms with Gasteiger partial charge in [0.25, 0.3) is 6.43 Å². The summed E-state index contributed by atoms with van der Waals surface area (Å²) in [6, 6.07) is 2.92. The summed E-state index contributed by atoms with van der Waals surface area (Å²) in [7, 11) is 0. The second-order valence-corrected chi connectivity index (χ2v) is 6.02. The standard InChI is InChI=1S/C12H19ClF2N2OS/c1-2-8(16)12(9-3-4-10(13)19-9)17(5-6-18)7-11(14)15/h3-4,8,11-12,18H,2,5-7,16H2,1H3. The topological polar surface area (TPSA) is 49.5 Å². The van der Waals surface area contributed by atoms with Crippen molar-refractivity contribution in [1.82, 2.24) is 4.90 Å². The number of nitrogens with zero attached hydrogens (tertiary/aromatic N) is 1. The first-order valence-electron chi connectivity index (χ1n) is 6.13. The summed E-state index contributed by atoms with van der Waals surface area (Å²) >= 11 is 7.24. The second-order valence-electron chi connectivity index (χ2n) is 4.27. The molecule has 0 saturated carbocycles. The predicted molar refractivity (Wildman–Crippen MR) is 75.0 cm³/mol. The summed E-state index contributed by atoms with van der Waals surface area (Å²) in [4.78, 5) is 2.38. The predicted octanol–water partition coefficient (Wildman–Crippen LogP) is 2.74. The van der Waals surface area contributed by atoms with Gasteiger partial charge in [-0.05, 0) is 18.6 Å². The van der Waals surface area contributed by atoms with Gasteiger partial charge in [-0.3, -0.25) is 4.90 Å². The fourth-order valence-corrected chi connectivity index (χ4v) is 3.29. The van der Waals surface area contributed by atoms with Crippen LogP contribution in [0.15, 0.2) is 12.1 Å². The van der Waals surface area contributed by atoms with Gasteiger partial charge < -0.3 is 10.8 Å². The summed E-state index contributed by atoms with van der Waals surface area (Å²) in [5, 5.41) is 9.06. The molecule has 0 radical (unpaired) electrons. The highest BCUT2D eigenvalue weighted by atomic mass is 35.5. The van der Waals surface area contributed by atoms with Crippen molar-refractivity contribution >= 4 is 22.9 Å². The van der Waals surface area contributed by atoms with Gasteiger partial charge in [0.15, 0.2) is 0 Å². The number of aliphatic hydroxyl groups is 1. The third kappa shape index (κ3) is 4.96. The minimum absolute atomic E-state index is 0.165. The Labute approximate surface area is 121 Å². The minimum atomic E-state index is -2.46. The van der Waals surface area contributed by atoms with Crippen LogP contribution in [-0.4, -0.2) is 42.2 Å². The molecule has 0 amide bonds. The van der Waals surface area contributed by atoms with Crippen LogP contribution in [0.4, 0.5) is 8.78 Å². The maximum absolute atomic E-state index is 12.7. The Kier molecular flexibility index (Phi) is 7.17. The highest BCUT2D eigenvalue weighted by molar-refractivity contribution is 7.16. The van der Waals surface area contributed by atoms with Crippen LogP contribution in [0.5, 0.6) is 0 Å². The smallest absolute Gasteiger partial charge is 0.251 e. The second kappa shape index (κ2) is 8.11. The molecule has 1 aromatic heterocycles. The van der Waals surface area contributed by atoms with Crippen LogP contribution in [0.3, 0.4) is 0 Å². The van der Waals surface area contributed by atoms with Crippen LogP contribution in [0.25, 0.3) is 0 Å². The molecule has 19 heavy (non-hydrogen) atoms. The SMILES string of the molecule is CCC(N)C(c1ccc(Cl)s1)N(CCO)CC(F)F. The quantitative estimate of drug-likeness (QED) is 0.776. The van der Waals surface area contributed by atoms with Gasteiger partial charge in [0, 0.05) is 17.5 Å². The Hall–Kier alpha value is -0.270. The molecule has 1 rings (SSSR count). The number of nitrogens with two attached hydrogens (primary N) is 1. The van der Waals surface area contributed by atoms with E-state index in [0.29, 0.717) is 10.8 Å². The number of thiophene rings is 1. The molecule has 3 N–H and O–H groups in total. The van der Waals surface area contributed by atoms with Gasteiger partial charge in [-0.15, -0.1) is 11.3 Å². The minimum Gasteiger partial charge on any atom is -0.395 e. The highest BCUT2D eigenvalue weighted by Crippen LogP contribution is 2.33. The van der Waals surface area contributed by atoms with E-state index in [4.69, 9.17) is 22.4 Å². The van der Waals surface area contributed by atoms with Crippen LogP contribution < -0.4 is 5.73 Å². The van der Waals surface area contributed by atoms with Crippen molar-refractivity contribution in [1.29, 1.82) is 0 Å². The van der Waals surface area contributed by atoms with E-state index in [1.165, 1.54) is 16.2 Å². The Morgan fingerprint density at radius 3 is 2.58 bits per heavy atom. The molecule has 0 aliphatic rings. The average molecular weight is 313 g/mol. The Morgan fingerprint density at radius 1 is 1.47 bits per heavy atom. The molecule has 0 saturated heterocycles. The van der Waals surface area contributed by atoms with E-state index in [0.717, 1.165) is 4.88 Å². The average Bonchev–Trinajstić information content (AvgIpc) is 2.75. The zero-order chi connectivity index (χ0) is 14.4. The molecular weight excluding hydrogens is 294 g/mol. The van der Waals surface area contributed by atoms with Gasteiger partial charge in [0.05, 0.1) is 23.5 Å². The largest absolute Gasteiger partial charge is 0.395 e. The first-order chi connectivity index (χ1) is 8.99. The number of rotatable bonds is 8. The van der Waals surface area contributed by atoms with Crippen molar-refractivity contribution in [2.45, 2.75) is 31.9 Å². The molecule has 0 spiro atoms. The lowest BCUT2D eigenvalue weighted by Crippen LogP contribution is -2.43. The molecule has 0 aliphatic heterocycles. The summed E-state index contributed by atoms with van der Waals surface area (Å²) in [6.45, 7) is 1.48. The van der Waals surface area contributed by atoms with E-state index >= 15 is 0 Å². The molecule has 1 heterocycles. The fourth-order valence-electron chi connectivity index (χ4n) is 2.02. The molecule has 2 atom stereocenters. The fraction of sp³-hybridized carbons (Fsp3) is 0.667. The molecule has 0 fully saturated rings. The monoisotopic (exact) mass is 312 g/mol. The van der Waals surface area contributed by atoms with Crippen molar-refractivity contribution in [2.24, 2.45) is 5.73 Å². The summed E-state index contributed by atoms with van der Waals surface area (Å²) in [5.41, 5.74) is 6.06. The van der Waals surface area contributed by atoms with Crippen LogP contribution in [0.2, 0.25) is 4.34 Å². The summed E-state index contributed by atoms with van der Waals surface area (Å²) in [5.74, 6) is 0. The van der Waals surface area contributed by atoms with Crippen LogP contribution >= 0.6 is 22.9 Å². The van der Waals surface area contributed by atoms with Crippen molar-refractivity contribution in [3.05, 3.63) is 21.3 Å². The summed E-state index contributed by atoms with van der Waals surface area (Å²) < 4.78 is 25.9. The van der Waals surface area contributed by atoms with Gasteiger partial charge in [-0.25, -0.2) is 8.78 Å². The molecule has 1 aromatic rings. The maximum Gasteiger partial charge on any atom is 0.251 e. The first-order valence-corrected chi connectivity index (χ1v) is 7.32. The van der Waals surface area contributed by atoms with E-state index < -0.39 is 13.0 Å². The number of halogens is 3. The molecule has 0 aromatic carbocycles. The molecule has 0 aliphatic carbocycles. The molecular formula is C12H19ClF2N2OS. The van der Waals surface area contributed by atoms with Crippen LogP contribution in [0.1, 0.15) is 24.3 Å². The lowest BCUT2D eigenvalue weighted by Gasteiger charge is -2.34. The van der Waals surface area contributed by atoms with Gasteiger partial charge in [-0.2, -0.15) is 0 Å². The molecule has 3 nitrogen and oxygen atoms in total. The van der Waals surface area contributed by atoms with E-state index in [9.17, 15) is 8.78 Å². The Bertz CT molecular complexity index is 378. The third-order valence-electron chi connectivity index (χ3n) is 2.92. The maximum atomic E-state index is 12.7. The molecule has 2 unspecified atom stereocenters.